The molecule has 1 aliphatic heterocycles. The molecule has 2 unspecified atom stereocenters. The van der Waals surface area contributed by atoms with E-state index < -0.39 is 0 Å². The molecule has 0 saturated carbocycles. The van der Waals surface area contributed by atoms with Crippen molar-refractivity contribution in [2.45, 2.75) is 59.7 Å². The SMILES string of the molecule is CCN(C(C)=O)N1N=CC(c2ccc3c(c2)n(CC)c(=O)n3CC)C1c1cccc(C)c1. The lowest BCUT2D eigenvalue weighted by molar-refractivity contribution is -0.150. The molecule has 0 aliphatic carbocycles. The van der Waals surface area contributed by atoms with Gasteiger partial charge in [0, 0.05) is 38.7 Å². The van der Waals surface area contributed by atoms with E-state index in [0.717, 1.165) is 27.7 Å². The summed E-state index contributed by atoms with van der Waals surface area (Å²) in [6, 6.07) is 14.4. The van der Waals surface area contributed by atoms with Gasteiger partial charge in [0.25, 0.3) is 0 Å². The van der Waals surface area contributed by atoms with Gasteiger partial charge in [0.05, 0.1) is 11.0 Å². The number of fused-ring (bicyclic) bond motifs is 1. The summed E-state index contributed by atoms with van der Waals surface area (Å²) < 4.78 is 3.63. The van der Waals surface area contributed by atoms with Gasteiger partial charge < -0.3 is 0 Å². The predicted molar refractivity (Wildman–Crippen MR) is 128 cm³/mol. The first-order valence-corrected chi connectivity index (χ1v) is 11.3. The van der Waals surface area contributed by atoms with Gasteiger partial charge in [-0.3, -0.25) is 13.9 Å². The first kappa shape index (κ1) is 21.9. The highest BCUT2D eigenvalue weighted by atomic mass is 16.2. The van der Waals surface area contributed by atoms with Crippen molar-refractivity contribution in [3.8, 4) is 0 Å². The van der Waals surface area contributed by atoms with Crippen molar-refractivity contribution < 1.29 is 4.79 Å². The van der Waals surface area contributed by atoms with Gasteiger partial charge in [0.2, 0.25) is 5.91 Å². The second kappa shape index (κ2) is 8.65. The van der Waals surface area contributed by atoms with Crippen molar-refractivity contribution in [2.75, 3.05) is 6.54 Å². The van der Waals surface area contributed by atoms with Crippen molar-refractivity contribution in [2.24, 2.45) is 5.10 Å². The first-order valence-electron chi connectivity index (χ1n) is 11.3. The number of hydrazine groups is 1. The van der Waals surface area contributed by atoms with Crippen LogP contribution in [0.3, 0.4) is 0 Å². The molecule has 7 nitrogen and oxygen atoms in total. The number of rotatable bonds is 6. The summed E-state index contributed by atoms with van der Waals surface area (Å²) in [4.78, 5) is 25.2. The Balaban J connectivity index is 1.86. The summed E-state index contributed by atoms with van der Waals surface area (Å²) in [6.07, 6.45) is 1.92. The molecule has 0 bridgehead atoms. The van der Waals surface area contributed by atoms with Crippen LogP contribution in [-0.4, -0.2) is 37.9 Å². The van der Waals surface area contributed by atoms with Gasteiger partial charge in [0.15, 0.2) is 0 Å². The van der Waals surface area contributed by atoms with E-state index in [1.807, 2.05) is 53.4 Å². The van der Waals surface area contributed by atoms with E-state index >= 15 is 0 Å². The summed E-state index contributed by atoms with van der Waals surface area (Å²) in [5.41, 5.74) is 5.24. The number of amides is 1. The van der Waals surface area contributed by atoms with Crippen LogP contribution in [0.5, 0.6) is 0 Å². The van der Waals surface area contributed by atoms with E-state index in [0.29, 0.717) is 19.6 Å². The Morgan fingerprint density at radius 3 is 2.34 bits per heavy atom. The second-order valence-electron chi connectivity index (χ2n) is 8.22. The van der Waals surface area contributed by atoms with E-state index in [4.69, 9.17) is 0 Å². The van der Waals surface area contributed by atoms with E-state index in [1.165, 1.54) is 0 Å². The Kier molecular flexibility index (Phi) is 5.91. The molecular weight excluding hydrogens is 402 g/mol. The normalized spacial score (nSPS) is 18.0. The number of hydrazone groups is 1. The molecule has 0 N–H and O–H groups in total. The van der Waals surface area contributed by atoms with Gasteiger partial charge in [-0.15, -0.1) is 0 Å². The van der Waals surface area contributed by atoms with Crippen molar-refractivity contribution in [3.05, 3.63) is 69.6 Å². The van der Waals surface area contributed by atoms with Crippen molar-refractivity contribution in [1.29, 1.82) is 0 Å². The van der Waals surface area contributed by atoms with E-state index in [2.05, 4.69) is 42.4 Å². The number of aromatic nitrogens is 2. The van der Waals surface area contributed by atoms with Gasteiger partial charge in [-0.25, -0.2) is 9.80 Å². The summed E-state index contributed by atoms with van der Waals surface area (Å²) >= 11 is 0. The zero-order chi connectivity index (χ0) is 23.0. The van der Waals surface area contributed by atoms with Gasteiger partial charge in [-0.05, 0) is 51.0 Å². The third kappa shape index (κ3) is 3.51. The van der Waals surface area contributed by atoms with Gasteiger partial charge in [0.1, 0.15) is 6.04 Å². The third-order valence-corrected chi connectivity index (χ3v) is 6.29. The molecule has 4 rings (SSSR count). The second-order valence-corrected chi connectivity index (χ2v) is 8.22. The van der Waals surface area contributed by atoms with Gasteiger partial charge in [-0.1, -0.05) is 35.9 Å². The molecule has 168 valence electrons. The number of carbonyl (C=O) groups is 1. The van der Waals surface area contributed by atoms with Crippen molar-refractivity contribution >= 4 is 23.2 Å². The Morgan fingerprint density at radius 2 is 1.72 bits per heavy atom. The number of imidazole rings is 1. The van der Waals surface area contributed by atoms with Crippen LogP contribution < -0.4 is 5.69 Å². The third-order valence-electron chi connectivity index (χ3n) is 6.29. The summed E-state index contributed by atoms with van der Waals surface area (Å²) in [7, 11) is 0. The average molecular weight is 434 g/mol. The van der Waals surface area contributed by atoms with Crippen LogP contribution in [0.25, 0.3) is 11.0 Å². The molecule has 0 saturated heterocycles. The lowest BCUT2D eigenvalue weighted by atomic mass is 9.88. The molecule has 1 amide bonds. The van der Waals surface area contributed by atoms with Crippen LogP contribution in [0.1, 0.15) is 56.3 Å². The molecule has 32 heavy (non-hydrogen) atoms. The number of aryl methyl sites for hydroxylation is 3. The molecule has 3 aromatic rings. The Bertz CT molecular complexity index is 1240. The minimum absolute atomic E-state index is 0.0211. The van der Waals surface area contributed by atoms with Crippen LogP contribution in [0.4, 0.5) is 0 Å². The fourth-order valence-corrected chi connectivity index (χ4v) is 4.78. The van der Waals surface area contributed by atoms with Crippen LogP contribution in [0, 0.1) is 6.92 Å². The molecule has 0 radical (unpaired) electrons. The summed E-state index contributed by atoms with van der Waals surface area (Å²) in [6.45, 7) is 11.4. The summed E-state index contributed by atoms with van der Waals surface area (Å²) in [5, 5.41) is 8.17. The van der Waals surface area contributed by atoms with Gasteiger partial charge in [-0.2, -0.15) is 10.2 Å². The van der Waals surface area contributed by atoms with E-state index in [-0.39, 0.29) is 23.6 Å². The molecule has 1 aromatic heterocycles. The Morgan fingerprint density at radius 1 is 1.00 bits per heavy atom. The van der Waals surface area contributed by atoms with Gasteiger partial charge >= 0.3 is 5.69 Å². The molecule has 2 atom stereocenters. The molecule has 0 fully saturated rings. The van der Waals surface area contributed by atoms with Crippen molar-refractivity contribution in [1.82, 2.24) is 19.3 Å². The van der Waals surface area contributed by atoms with Crippen LogP contribution in [-0.2, 0) is 17.9 Å². The fraction of sp³-hybridized carbons (Fsp3) is 0.400. The number of hydrogen-bond acceptors (Lipinski definition) is 4. The minimum atomic E-state index is -0.147. The number of benzene rings is 2. The molecule has 2 aromatic carbocycles. The zero-order valence-electron chi connectivity index (χ0n) is 19.4. The number of carbonyl (C=O) groups excluding carboxylic acids is 1. The predicted octanol–water partition coefficient (Wildman–Crippen LogP) is 4.06. The highest BCUT2D eigenvalue weighted by Crippen LogP contribution is 2.41. The molecule has 7 heteroatoms. The molecular formula is C25H31N5O2. The largest absolute Gasteiger partial charge is 0.329 e. The first-order chi connectivity index (χ1) is 15.4. The lowest BCUT2D eigenvalue weighted by Gasteiger charge is -2.35. The van der Waals surface area contributed by atoms with E-state index in [1.54, 1.807) is 11.9 Å². The minimum Gasteiger partial charge on any atom is -0.292 e. The maximum Gasteiger partial charge on any atom is 0.329 e. The highest BCUT2D eigenvalue weighted by molar-refractivity contribution is 5.81. The van der Waals surface area contributed by atoms with Crippen molar-refractivity contribution in [3.63, 3.8) is 0 Å². The zero-order valence-corrected chi connectivity index (χ0v) is 19.4. The quantitative estimate of drug-likeness (QED) is 0.589. The number of nitrogens with zero attached hydrogens (tertiary/aromatic N) is 5. The summed E-state index contributed by atoms with van der Waals surface area (Å²) in [5.74, 6) is -0.0989. The van der Waals surface area contributed by atoms with Crippen LogP contribution in [0.2, 0.25) is 0 Å². The highest BCUT2D eigenvalue weighted by Gasteiger charge is 2.37. The topological polar surface area (TPSA) is 62.8 Å². The van der Waals surface area contributed by atoms with Crippen LogP contribution in [0.15, 0.2) is 52.4 Å². The Labute approximate surface area is 188 Å². The maximum atomic E-state index is 12.8. The monoisotopic (exact) mass is 433 g/mol. The van der Waals surface area contributed by atoms with E-state index in [9.17, 15) is 9.59 Å². The molecule has 2 heterocycles. The number of hydrogen-bond donors (Lipinski definition) is 0. The smallest absolute Gasteiger partial charge is 0.292 e. The standard InChI is InChI=1S/C25H31N5O2/c1-6-27-22-13-12-19(15-23(22)28(7-2)25(27)32)21-16-26-30(29(8-3)18(5)31)24(21)20-11-9-10-17(4)14-20/h9-16,21,24H,6-8H2,1-5H3. The fourth-order valence-electron chi connectivity index (χ4n) is 4.78. The Hall–Kier alpha value is -3.35. The molecule has 1 aliphatic rings. The maximum absolute atomic E-state index is 12.8. The average Bonchev–Trinajstić information content (AvgIpc) is 3.31. The molecule has 0 spiro atoms. The lowest BCUT2D eigenvalue weighted by Crippen LogP contribution is -2.43. The van der Waals surface area contributed by atoms with Crippen LogP contribution >= 0.6 is 0 Å².